The SMILES string of the molecule is CC.Cc1c(C#N)c(Nc2ccccc2)nc(NCCc2ccccc2)c1N=Nc1ccc([N+](=O)[O-])cc1C(F)(F)F. The van der Waals surface area contributed by atoms with Gasteiger partial charge in [-0.25, -0.2) is 4.98 Å². The van der Waals surface area contributed by atoms with Gasteiger partial charge in [-0.1, -0.05) is 62.4 Å². The fraction of sp³-hybridized carbons (Fsp3) is 0.200. The number of azo groups is 1. The van der Waals surface area contributed by atoms with Gasteiger partial charge >= 0.3 is 6.18 Å². The molecule has 12 heteroatoms. The molecule has 2 N–H and O–H groups in total. The number of para-hydroxylation sites is 1. The van der Waals surface area contributed by atoms with Crippen molar-refractivity contribution in [1.29, 1.82) is 5.26 Å². The van der Waals surface area contributed by atoms with Crippen LogP contribution in [0, 0.1) is 28.4 Å². The van der Waals surface area contributed by atoms with E-state index >= 15 is 0 Å². The van der Waals surface area contributed by atoms with Gasteiger partial charge in [-0.05, 0) is 37.1 Å². The molecule has 0 atom stereocenters. The summed E-state index contributed by atoms with van der Waals surface area (Å²) in [5.41, 5.74) is -0.396. The molecule has 4 rings (SSSR count). The quantitative estimate of drug-likeness (QED) is 0.116. The molecule has 1 aromatic heterocycles. The van der Waals surface area contributed by atoms with Gasteiger partial charge in [0.2, 0.25) is 0 Å². The fourth-order valence-corrected chi connectivity index (χ4v) is 3.85. The molecule has 0 spiro atoms. The molecule has 42 heavy (non-hydrogen) atoms. The van der Waals surface area contributed by atoms with E-state index in [0.29, 0.717) is 30.3 Å². The van der Waals surface area contributed by atoms with Crippen LogP contribution < -0.4 is 10.6 Å². The first-order valence-corrected chi connectivity index (χ1v) is 13.0. The van der Waals surface area contributed by atoms with Crippen LogP contribution >= 0.6 is 0 Å². The van der Waals surface area contributed by atoms with Crippen molar-refractivity contribution in [1.82, 2.24) is 4.98 Å². The van der Waals surface area contributed by atoms with Gasteiger partial charge < -0.3 is 10.6 Å². The molecule has 9 nitrogen and oxygen atoms in total. The molecular formula is C30H28F3N7O2. The number of nitro groups is 1. The van der Waals surface area contributed by atoms with Crippen LogP contribution in [0.3, 0.4) is 0 Å². The molecule has 3 aromatic carbocycles. The third kappa shape index (κ3) is 7.88. The van der Waals surface area contributed by atoms with Gasteiger partial charge in [0.05, 0.1) is 21.7 Å². The number of hydrogen-bond donors (Lipinski definition) is 2. The third-order valence-corrected chi connectivity index (χ3v) is 5.87. The third-order valence-electron chi connectivity index (χ3n) is 5.87. The lowest BCUT2D eigenvalue weighted by molar-refractivity contribution is -0.385. The van der Waals surface area contributed by atoms with E-state index in [1.807, 2.05) is 62.4 Å². The predicted octanol–water partition coefficient (Wildman–Crippen LogP) is 9.03. The number of nitriles is 1. The number of rotatable bonds is 9. The first-order valence-electron chi connectivity index (χ1n) is 13.0. The van der Waals surface area contributed by atoms with Gasteiger partial charge in [0.25, 0.3) is 5.69 Å². The molecular weight excluding hydrogens is 547 g/mol. The van der Waals surface area contributed by atoms with Gasteiger partial charge in [0.1, 0.15) is 11.8 Å². The van der Waals surface area contributed by atoms with E-state index in [2.05, 4.69) is 31.9 Å². The van der Waals surface area contributed by atoms with Crippen molar-refractivity contribution in [3.05, 3.63) is 111 Å². The Labute approximate surface area is 240 Å². The Hall–Kier alpha value is -5.31. The maximum atomic E-state index is 13.7. The largest absolute Gasteiger partial charge is 0.418 e. The van der Waals surface area contributed by atoms with Crippen LogP contribution in [0.2, 0.25) is 0 Å². The number of pyridine rings is 1. The zero-order valence-corrected chi connectivity index (χ0v) is 23.1. The lowest BCUT2D eigenvalue weighted by Crippen LogP contribution is -2.09. The number of aromatic nitrogens is 1. The average molecular weight is 576 g/mol. The van der Waals surface area contributed by atoms with Crippen LogP contribution in [0.15, 0.2) is 89.1 Å². The second kappa shape index (κ2) is 14.4. The van der Waals surface area contributed by atoms with Crippen LogP contribution in [0.5, 0.6) is 0 Å². The fourth-order valence-electron chi connectivity index (χ4n) is 3.85. The molecule has 0 aliphatic heterocycles. The minimum absolute atomic E-state index is 0.0645. The summed E-state index contributed by atoms with van der Waals surface area (Å²) in [6.45, 7) is 5.99. The minimum Gasteiger partial charge on any atom is -0.368 e. The van der Waals surface area contributed by atoms with Crippen molar-refractivity contribution in [2.45, 2.75) is 33.4 Å². The van der Waals surface area contributed by atoms with E-state index in [0.717, 1.165) is 17.7 Å². The highest BCUT2D eigenvalue weighted by molar-refractivity contribution is 5.76. The number of non-ortho nitro benzene ring substituents is 1. The number of nitro benzene ring substituents is 1. The standard InChI is InChI=1S/C28H22F3N7O2.C2H6/c1-18-22(17-32)26(34-20-10-6-3-7-11-20)35-27(33-15-14-19-8-4-2-5-9-19)25(18)37-36-24-13-12-21(38(39)40)16-23(24)28(29,30)31;1-2/h2-13,16H,14-15H2,1H3,(H2,33,34,35);1-2H3. The second-order valence-electron chi connectivity index (χ2n) is 8.58. The molecule has 0 saturated heterocycles. The van der Waals surface area contributed by atoms with Crippen LogP contribution in [0.1, 0.15) is 36.1 Å². The summed E-state index contributed by atoms with van der Waals surface area (Å²) in [7, 11) is 0. The molecule has 0 saturated carbocycles. The molecule has 0 fully saturated rings. The first kappa shape index (κ1) is 31.2. The van der Waals surface area contributed by atoms with E-state index in [1.165, 1.54) is 0 Å². The molecule has 4 aromatic rings. The van der Waals surface area contributed by atoms with Crippen molar-refractivity contribution in [2.75, 3.05) is 17.2 Å². The summed E-state index contributed by atoms with van der Waals surface area (Å²) in [4.78, 5) is 14.6. The molecule has 216 valence electrons. The second-order valence-corrected chi connectivity index (χ2v) is 8.58. The van der Waals surface area contributed by atoms with Crippen molar-refractivity contribution >= 4 is 34.4 Å². The molecule has 1 heterocycles. The number of nitrogens with one attached hydrogen (secondary N) is 2. The number of hydrogen-bond acceptors (Lipinski definition) is 8. The maximum absolute atomic E-state index is 13.7. The van der Waals surface area contributed by atoms with Crippen LogP contribution in [-0.4, -0.2) is 16.5 Å². The highest BCUT2D eigenvalue weighted by atomic mass is 19.4. The molecule has 0 unspecified atom stereocenters. The summed E-state index contributed by atoms with van der Waals surface area (Å²) >= 11 is 0. The monoisotopic (exact) mass is 575 g/mol. The van der Waals surface area contributed by atoms with E-state index in [-0.39, 0.29) is 22.9 Å². The Kier molecular flexibility index (Phi) is 10.7. The number of anilines is 3. The van der Waals surface area contributed by atoms with Crippen LogP contribution in [-0.2, 0) is 12.6 Å². The number of benzene rings is 3. The summed E-state index contributed by atoms with van der Waals surface area (Å²) in [6, 6.07) is 22.9. The summed E-state index contributed by atoms with van der Waals surface area (Å²) in [6.07, 6.45) is -4.30. The van der Waals surface area contributed by atoms with Crippen molar-refractivity contribution in [3.8, 4) is 6.07 Å². The number of nitrogens with zero attached hydrogens (tertiary/aromatic N) is 5. The van der Waals surface area contributed by atoms with Gasteiger partial charge in [0, 0.05) is 29.9 Å². The molecule has 0 bridgehead atoms. The predicted molar refractivity (Wildman–Crippen MR) is 156 cm³/mol. The Morgan fingerprint density at radius 3 is 2.21 bits per heavy atom. The highest BCUT2D eigenvalue weighted by Gasteiger charge is 2.35. The lowest BCUT2D eigenvalue weighted by atomic mass is 10.1. The minimum atomic E-state index is -4.91. The number of alkyl halides is 3. The zero-order valence-electron chi connectivity index (χ0n) is 23.1. The van der Waals surface area contributed by atoms with E-state index in [1.54, 1.807) is 19.1 Å². The molecule has 0 aliphatic carbocycles. The summed E-state index contributed by atoms with van der Waals surface area (Å²) in [5.74, 6) is 0.434. The molecule has 0 amide bonds. The summed E-state index contributed by atoms with van der Waals surface area (Å²) in [5, 5.41) is 35.0. The normalized spacial score (nSPS) is 10.9. The van der Waals surface area contributed by atoms with Gasteiger partial charge in [-0.3, -0.25) is 10.1 Å². The van der Waals surface area contributed by atoms with E-state index in [4.69, 9.17) is 0 Å². The van der Waals surface area contributed by atoms with Crippen molar-refractivity contribution in [2.24, 2.45) is 10.2 Å². The van der Waals surface area contributed by atoms with Crippen molar-refractivity contribution < 1.29 is 18.1 Å². The Balaban J connectivity index is 0.00000237. The van der Waals surface area contributed by atoms with Crippen LogP contribution in [0.25, 0.3) is 0 Å². The van der Waals surface area contributed by atoms with Gasteiger partial charge in [-0.15, -0.1) is 10.2 Å². The highest BCUT2D eigenvalue weighted by Crippen LogP contribution is 2.41. The van der Waals surface area contributed by atoms with Gasteiger partial charge in [-0.2, -0.15) is 18.4 Å². The zero-order chi connectivity index (χ0) is 30.7. The maximum Gasteiger partial charge on any atom is 0.418 e. The summed E-state index contributed by atoms with van der Waals surface area (Å²) < 4.78 is 41.0. The topological polar surface area (TPSA) is 129 Å². The van der Waals surface area contributed by atoms with Gasteiger partial charge in [0.15, 0.2) is 11.6 Å². The Morgan fingerprint density at radius 2 is 1.62 bits per heavy atom. The Bertz CT molecular complexity index is 1590. The smallest absolute Gasteiger partial charge is 0.368 e. The van der Waals surface area contributed by atoms with Crippen LogP contribution in [0.4, 0.5) is 47.6 Å². The first-order chi connectivity index (χ1) is 20.2. The van der Waals surface area contributed by atoms with Crippen molar-refractivity contribution in [3.63, 3.8) is 0 Å². The average Bonchev–Trinajstić information content (AvgIpc) is 2.98. The Morgan fingerprint density at radius 1 is 0.976 bits per heavy atom. The lowest BCUT2D eigenvalue weighted by Gasteiger charge is -2.16. The molecule has 0 radical (unpaired) electrons. The van der Waals surface area contributed by atoms with E-state index < -0.39 is 28.0 Å². The number of halogens is 3. The van der Waals surface area contributed by atoms with E-state index in [9.17, 15) is 28.5 Å². The molecule has 0 aliphatic rings.